The molecule has 0 bridgehead atoms. The summed E-state index contributed by atoms with van der Waals surface area (Å²) in [7, 11) is 3.36. The molecule has 0 saturated carbocycles. The molecule has 0 aliphatic carbocycles. The summed E-state index contributed by atoms with van der Waals surface area (Å²) in [6.07, 6.45) is 0. The normalized spacial score (nSPS) is 6.40. The number of hydrogen-bond acceptors (Lipinski definition) is 3. The molecule has 0 unspecified atom stereocenters. The van der Waals surface area contributed by atoms with E-state index in [0.717, 1.165) is 13.2 Å². The van der Waals surface area contributed by atoms with Gasteiger partial charge in [0.2, 0.25) is 0 Å². The third-order valence-corrected chi connectivity index (χ3v) is 0.577. The molecule has 0 aromatic rings. The molecule has 0 N–H and O–H groups in total. The topological polar surface area (TPSA) is 35.5 Å². The summed E-state index contributed by atoms with van der Waals surface area (Å²) in [5, 5.41) is 0. The van der Waals surface area contributed by atoms with Crippen molar-refractivity contribution in [2.45, 2.75) is 13.8 Å². The summed E-state index contributed by atoms with van der Waals surface area (Å²) in [6, 6.07) is 0. The van der Waals surface area contributed by atoms with E-state index in [1.54, 1.807) is 14.2 Å². The highest BCUT2D eigenvalue weighted by Gasteiger charge is 1.51. The minimum atomic E-state index is 0.819. The van der Waals surface area contributed by atoms with E-state index in [2.05, 4.69) is 9.47 Å². The second kappa shape index (κ2) is 38.4. The smallest absolute Gasteiger partial charge is 0.106 e. The van der Waals surface area contributed by atoms with Crippen LogP contribution >= 0.6 is 0 Å². The van der Waals surface area contributed by atoms with Crippen LogP contribution in [0.15, 0.2) is 0 Å². The Bertz CT molecular complexity index is 24.0. The predicted molar refractivity (Wildman–Crippen MR) is 42.2 cm³/mol. The molecule has 0 radical (unpaired) electrons. The maximum Gasteiger partial charge on any atom is 0.106 e. The summed E-state index contributed by atoms with van der Waals surface area (Å²) < 4.78 is 9.08. The molecule has 0 aromatic heterocycles. The van der Waals surface area contributed by atoms with Crippen LogP contribution < -0.4 is 0 Å². The van der Waals surface area contributed by atoms with Crippen LogP contribution in [0.2, 0.25) is 0 Å². The van der Waals surface area contributed by atoms with Crippen LogP contribution in [-0.2, 0) is 14.3 Å². The molecule has 0 spiro atoms. The molecule has 3 heteroatoms. The standard InChI is InChI=1S/2C3H8O.CH2O/c2*1-3-4-2;1-2/h2*3H2,1-2H3;1H2. The Morgan fingerprint density at radius 2 is 1.10 bits per heavy atom. The number of hydrogen-bond donors (Lipinski definition) is 0. The van der Waals surface area contributed by atoms with Crippen LogP contribution in [0.25, 0.3) is 0 Å². The van der Waals surface area contributed by atoms with Gasteiger partial charge in [-0.2, -0.15) is 0 Å². The van der Waals surface area contributed by atoms with E-state index in [9.17, 15) is 0 Å². The Hall–Kier alpha value is -0.410. The largest absolute Gasteiger partial charge is 0.385 e. The third kappa shape index (κ3) is 130. The van der Waals surface area contributed by atoms with Crippen LogP contribution in [0.3, 0.4) is 0 Å². The highest BCUT2D eigenvalue weighted by molar-refractivity contribution is 5.10. The molecule has 0 amide bonds. The second-order valence-electron chi connectivity index (χ2n) is 1.15. The van der Waals surface area contributed by atoms with Gasteiger partial charge in [0.25, 0.3) is 0 Å². The SMILES string of the molecule is C=O.CCOC.CCOC. The van der Waals surface area contributed by atoms with Gasteiger partial charge in [-0.3, -0.25) is 0 Å². The number of carbonyl (C=O) groups excluding carboxylic acids is 1. The Balaban J connectivity index is -0.0000000787. The lowest BCUT2D eigenvalue weighted by Gasteiger charge is -1.76. The predicted octanol–water partition coefficient (Wildman–Crippen LogP) is 1.12. The van der Waals surface area contributed by atoms with E-state index in [0.29, 0.717) is 0 Å². The monoisotopic (exact) mass is 150 g/mol. The molecule has 0 rings (SSSR count). The fourth-order valence-corrected chi connectivity index (χ4v) is 0. The first-order valence-electron chi connectivity index (χ1n) is 3.10. The Morgan fingerprint density at radius 3 is 1.10 bits per heavy atom. The minimum Gasteiger partial charge on any atom is -0.385 e. The fourth-order valence-electron chi connectivity index (χ4n) is 0. The van der Waals surface area contributed by atoms with Crippen molar-refractivity contribution in [3.63, 3.8) is 0 Å². The van der Waals surface area contributed by atoms with Gasteiger partial charge in [0, 0.05) is 27.4 Å². The van der Waals surface area contributed by atoms with Gasteiger partial charge >= 0.3 is 0 Å². The quantitative estimate of drug-likeness (QED) is 0.591. The number of methoxy groups -OCH3 is 2. The molecule has 0 fully saturated rings. The second-order valence-corrected chi connectivity index (χ2v) is 1.15. The maximum atomic E-state index is 8.00. The average Bonchev–Trinajstić information content (AvgIpc) is 2.08. The van der Waals surface area contributed by atoms with Crippen LogP contribution in [0.4, 0.5) is 0 Å². The number of ether oxygens (including phenoxy) is 2. The third-order valence-electron chi connectivity index (χ3n) is 0.577. The van der Waals surface area contributed by atoms with Gasteiger partial charge in [-0.15, -0.1) is 0 Å². The molecule has 0 aliphatic heterocycles. The summed E-state index contributed by atoms with van der Waals surface area (Å²) in [5.41, 5.74) is 0. The van der Waals surface area contributed by atoms with E-state index >= 15 is 0 Å². The highest BCUT2D eigenvalue weighted by atomic mass is 16.5. The Morgan fingerprint density at radius 1 is 1.00 bits per heavy atom. The van der Waals surface area contributed by atoms with E-state index in [1.807, 2.05) is 20.6 Å². The lowest BCUT2D eigenvalue weighted by atomic mass is 10.9. The molecule has 64 valence electrons. The van der Waals surface area contributed by atoms with E-state index in [1.165, 1.54) is 0 Å². The molecule has 0 heterocycles. The molecule has 0 saturated heterocycles. The average molecular weight is 150 g/mol. The van der Waals surface area contributed by atoms with Crippen molar-refractivity contribution in [2.24, 2.45) is 0 Å². The summed E-state index contributed by atoms with van der Waals surface area (Å²) in [4.78, 5) is 8.00. The summed E-state index contributed by atoms with van der Waals surface area (Å²) >= 11 is 0. The van der Waals surface area contributed by atoms with Crippen molar-refractivity contribution in [3.05, 3.63) is 0 Å². The molecule has 10 heavy (non-hydrogen) atoms. The lowest BCUT2D eigenvalue weighted by Crippen LogP contribution is -1.73. The van der Waals surface area contributed by atoms with Gasteiger partial charge < -0.3 is 14.3 Å². The Kier molecular flexibility index (Phi) is 62.6. The Labute approximate surface area is 63.3 Å². The first-order chi connectivity index (χ1) is 4.83. The first kappa shape index (κ1) is 16.3. The summed E-state index contributed by atoms with van der Waals surface area (Å²) in [6.45, 7) is 7.56. The van der Waals surface area contributed by atoms with Crippen molar-refractivity contribution < 1.29 is 14.3 Å². The van der Waals surface area contributed by atoms with Crippen molar-refractivity contribution in [1.82, 2.24) is 0 Å². The molecule has 0 aliphatic rings. The van der Waals surface area contributed by atoms with Crippen LogP contribution in [0.5, 0.6) is 0 Å². The maximum absolute atomic E-state index is 8.00. The van der Waals surface area contributed by atoms with Crippen molar-refractivity contribution in [3.8, 4) is 0 Å². The van der Waals surface area contributed by atoms with Crippen LogP contribution in [-0.4, -0.2) is 34.2 Å². The molecule has 0 aromatic carbocycles. The van der Waals surface area contributed by atoms with Gasteiger partial charge in [-0.1, -0.05) is 0 Å². The van der Waals surface area contributed by atoms with Gasteiger partial charge in [-0.05, 0) is 13.8 Å². The van der Waals surface area contributed by atoms with Crippen molar-refractivity contribution in [2.75, 3.05) is 27.4 Å². The zero-order valence-electron chi connectivity index (χ0n) is 7.35. The first-order valence-corrected chi connectivity index (χ1v) is 3.10. The summed E-state index contributed by atoms with van der Waals surface area (Å²) in [5.74, 6) is 0. The minimum absolute atomic E-state index is 0.819. The van der Waals surface area contributed by atoms with E-state index in [4.69, 9.17) is 4.79 Å². The molecular weight excluding hydrogens is 132 g/mol. The van der Waals surface area contributed by atoms with Crippen molar-refractivity contribution >= 4 is 6.79 Å². The van der Waals surface area contributed by atoms with Crippen LogP contribution in [0.1, 0.15) is 13.8 Å². The van der Waals surface area contributed by atoms with Crippen LogP contribution in [0, 0.1) is 0 Å². The van der Waals surface area contributed by atoms with Gasteiger partial charge in [0.05, 0.1) is 0 Å². The van der Waals surface area contributed by atoms with Gasteiger partial charge in [0.15, 0.2) is 0 Å². The zero-order valence-corrected chi connectivity index (χ0v) is 7.35. The molecule has 3 nitrogen and oxygen atoms in total. The van der Waals surface area contributed by atoms with Gasteiger partial charge in [-0.25, -0.2) is 0 Å². The zero-order chi connectivity index (χ0) is 8.83. The van der Waals surface area contributed by atoms with Crippen molar-refractivity contribution in [1.29, 1.82) is 0 Å². The number of carbonyl (C=O) groups is 1. The molecular formula is C7H18O3. The van der Waals surface area contributed by atoms with E-state index in [-0.39, 0.29) is 0 Å². The lowest BCUT2D eigenvalue weighted by molar-refractivity contribution is -0.0979. The van der Waals surface area contributed by atoms with E-state index < -0.39 is 0 Å². The number of rotatable bonds is 2. The highest BCUT2D eigenvalue weighted by Crippen LogP contribution is 1.52. The fraction of sp³-hybridized carbons (Fsp3) is 0.857. The molecule has 0 atom stereocenters. The van der Waals surface area contributed by atoms with Gasteiger partial charge in [0.1, 0.15) is 6.79 Å².